The fourth-order valence-electron chi connectivity index (χ4n) is 1.25. The van der Waals surface area contributed by atoms with Crippen LogP contribution in [0, 0.1) is 0 Å². The number of methoxy groups -OCH3 is 1. The fourth-order valence-corrected chi connectivity index (χ4v) is 1.25. The van der Waals surface area contributed by atoms with Crippen molar-refractivity contribution in [1.82, 2.24) is 0 Å². The molecule has 0 aliphatic rings. The summed E-state index contributed by atoms with van der Waals surface area (Å²) in [5.74, 6) is 0.839. The van der Waals surface area contributed by atoms with E-state index in [-0.39, 0.29) is 12.6 Å². The van der Waals surface area contributed by atoms with E-state index in [4.69, 9.17) is 15.6 Å². The first-order valence-corrected chi connectivity index (χ1v) is 4.94. The highest BCUT2D eigenvalue weighted by atomic mass is 16.5. The third-order valence-corrected chi connectivity index (χ3v) is 2.11. The van der Waals surface area contributed by atoms with Gasteiger partial charge in [0.15, 0.2) is 0 Å². The van der Waals surface area contributed by atoms with Crippen molar-refractivity contribution in [3.8, 4) is 5.75 Å². The molecule has 0 amide bonds. The Morgan fingerprint density at radius 2 is 2.20 bits per heavy atom. The number of ether oxygens (including phenoxy) is 1. The van der Waals surface area contributed by atoms with Gasteiger partial charge in [0.25, 0.3) is 0 Å². The van der Waals surface area contributed by atoms with E-state index in [2.05, 4.69) is 0 Å². The lowest BCUT2D eigenvalue weighted by Crippen LogP contribution is -2.22. The molecule has 1 rings (SSSR count). The fraction of sp³-hybridized carbons (Fsp3) is 0.333. The van der Waals surface area contributed by atoms with Crippen LogP contribution in [0.4, 0.5) is 0 Å². The van der Waals surface area contributed by atoms with Gasteiger partial charge in [-0.1, -0.05) is 30.4 Å². The van der Waals surface area contributed by atoms with Gasteiger partial charge in [-0.2, -0.15) is 0 Å². The van der Waals surface area contributed by atoms with Crippen LogP contribution in [0.25, 0.3) is 6.08 Å². The van der Waals surface area contributed by atoms with Crippen molar-refractivity contribution in [2.75, 3.05) is 13.7 Å². The molecule has 82 valence electrons. The summed E-state index contributed by atoms with van der Waals surface area (Å²) in [5.41, 5.74) is 6.59. The van der Waals surface area contributed by atoms with Crippen molar-refractivity contribution in [3.05, 3.63) is 35.9 Å². The number of aliphatic hydroxyl groups excluding tert-OH is 1. The molecule has 0 saturated carbocycles. The summed E-state index contributed by atoms with van der Waals surface area (Å²) in [7, 11) is 1.64. The molecule has 15 heavy (non-hydrogen) atoms. The maximum Gasteiger partial charge on any atom is 0.126 e. The van der Waals surface area contributed by atoms with E-state index in [1.807, 2.05) is 36.4 Å². The molecule has 0 aromatic heterocycles. The second-order valence-electron chi connectivity index (χ2n) is 3.32. The van der Waals surface area contributed by atoms with Crippen LogP contribution in [0.2, 0.25) is 0 Å². The van der Waals surface area contributed by atoms with Gasteiger partial charge in [-0.05, 0) is 12.5 Å². The van der Waals surface area contributed by atoms with E-state index in [0.29, 0.717) is 6.42 Å². The second-order valence-corrected chi connectivity index (χ2v) is 3.32. The smallest absolute Gasteiger partial charge is 0.126 e. The Labute approximate surface area is 90.2 Å². The third-order valence-electron chi connectivity index (χ3n) is 2.11. The van der Waals surface area contributed by atoms with E-state index in [1.165, 1.54) is 0 Å². The highest BCUT2D eigenvalue weighted by Gasteiger charge is 1.98. The van der Waals surface area contributed by atoms with Crippen LogP contribution < -0.4 is 10.5 Å². The zero-order valence-corrected chi connectivity index (χ0v) is 8.89. The maximum atomic E-state index is 8.75. The van der Waals surface area contributed by atoms with Crippen LogP contribution >= 0.6 is 0 Å². The Kier molecular flexibility index (Phi) is 4.87. The summed E-state index contributed by atoms with van der Waals surface area (Å²) in [5, 5.41) is 8.75. The van der Waals surface area contributed by atoms with Crippen molar-refractivity contribution in [2.45, 2.75) is 12.5 Å². The monoisotopic (exact) mass is 207 g/mol. The van der Waals surface area contributed by atoms with E-state index in [0.717, 1.165) is 11.3 Å². The lowest BCUT2D eigenvalue weighted by molar-refractivity contribution is 0.267. The van der Waals surface area contributed by atoms with E-state index in [9.17, 15) is 0 Å². The molecular formula is C12H17NO2. The molecule has 0 aliphatic carbocycles. The summed E-state index contributed by atoms with van der Waals surface area (Å²) in [6.07, 6.45) is 4.56. The van der Waals surface area contributed by atoms with E-state index < -0.39 is 0 Å². The molecule has 0 heterocycles. The molecule has 1 aromatic carbocycles. The first kappa shape index (κ1) is 11.8. The van der Waals surface area contributed by atoms with Gasteiger partial charge in [0.2, 0.25) is 0 Å². The number of rotatable bonds is 5. The topological polar surface area (TPSA) is 55.5 Å². The summed E-state index contributed by atoms with van der Waals surface area (Å²) in [6.45, 7) is 0.0102. The van der Waals surface area contributed by atoms with Gasteiger partial charge >= 0.3 is 0 Å². The minimum atomic E-state index is -0.184. The van der Waals surface area contributed by atoms with Crippen LogP contribution in [0.15, 0.2) is 30.3 Å². The molecule has 0 spiro atoms. The molecular weight excluding hydrogens is 190 g/mol. The average molecular weight is 207 g/mol. The Hall–Kier alpha value is -1.32. The SMILES string of the molecule is COc1ccccc1/C=C/CC(N)CO. The predicted molar refractivity (Wildman–Crippen MR) is 61.7 cm³/mol. The molecule has 0 aliphatic heterocycles. The Morgan fingerprint density at radius 3 is 2.87 bits per heavy atom. The maximum absolute atomic E-state index is 8.75. The molecule has 3 heteroatoms. The predicted octanol–water partition coefficient (Wildman–Crippen LogP) is 1.42. The van der Waals surface area contributed by atoms with Gasteiger partial charge in [0, 0.05) is 11.6 Å². The number of hydrogen-bond acceptors (Lipinski definition) is 3. The van der Waals surface area contributed by atoms with Crippen molar-refractivity contribution < 1.29 is 9.84 Å². The normalized spacial score (nSPS) is 13.0. The zero-order chi connectivity index (χ0) is 11.1. The first-order chi connectivity index (χ1) is 7.27. The van der Waals surface area contributed by atoms with Gasteiger partial charge in [-0.3, -0.25) is 0 Å². The van der Waals surface area contributed by atoms with Gasteiger partial charge in [0.1, 0.15) is 5.75 Å². The van der Waals surface area contributed by atoms with Crippen molar-refractivity contribution in [3.63, 3.8) is 0 Å². The first-order valence-electron chi connectivity index (χ1n) is 4.94. The van der Waals surface area contributed by atoms with Crippen molar-refractivity contribution >= 4 is 6.08 Å². The molecule has 1 unspecified atom stereocenters. The van der Waals surface area contributed by atoms with Crippen LogP contribution in [0.1, 0.15) is 12.0 Å². The number of hydrogen-bond donors (Lipinski definition) is 2. The van der Waals surface area contributed by atoms with Gasteiger partial charge < -0.3 is 15.6 Å². The lowest BCUT2D eigenvalue weighted by atomic mass is 10.1. The number of benzene rings is 1. The molecule has 1 aromatic rings. The highest BCUT2D eigenvalue weighted by Crippen LogP contribution is 2.18. The Bertz CT molecular complexity index is 323. The molecule has 0 fully saturated rings. The van der Waals surface area contributed by atoms with E-state index in [1.54, 1.807) is 7.11 Å². The van der Waals surface area contributed by atoms with Gasteiger partial charge in [-0.25, -0.2) is 0 Å². The summed E-state index contributed by atoms with van der Waals surface area (Å²) < 4.78 is 5.20. The third kappa shape index (κ3) is 3.73. The summed E-state index contributed by atoms with van der Waals surface area (Å²) in [4.78, 5) is 0. The molecule has 0 radical (unpaired) electrons. The van der Waals surface area contributed by atoms with E-state index >= 15 is 0 Å². The average Bonchev–Trinajstić information content (AvgIpc) is 2.29. The molecule has 3 N–H and O–H groups in total. The second kappa shape index (κ2) is 6.22. The van der Waals surface area contributed by atoms with Crippen LogP contribution in [0.5, 0.6) is 5.75 Å². The minimum absolute atomic E-state index is 0.0102. The number of nitrogens with two attached hydrogens (primary N) is 1. The Balaban J connectivity index is 2.63. The molecule has 0 saturated heterocycles. The van der Waals surface area contributed by atoms with Gasteiger partial charge in [0.05, 0.1) is 13.7 Å². The van der Waals surface area contributed by atoms with Crippen LogP contribution in [-0.4, -0.2) is 24.9 Å². The van der Waals surface area contributed by atoms with Crippen LogP contribution in [0.3, 0.4) is 0 Å². The highest BCUT2D eigenvalue weighted by molar-refractivity contribution is 5.57. The summed E-state index contributed by atoms with van der Waals surface area (Å²) in [6, 6.07) is 7.57. The minimum Gasteiger partial charge on any atom is -0.496 e. The molecule has 3 nitrogen and oxygen atoms in total. The number of aliphatic hydroxyl groups is 1. The number of para-hydroxylation sites is 1. The van der Waals surface area contributed by atoms with Gasteiger partial charge in [-0.15, -0.1) is 0 Å². The van der Waals surface area contributed by atoms with Crippen LogP contribution in [-0.2, 0) is 0 Å². The lowest BCUT2D eigenvalue weighted by Gasteiger charge is -2.05. The molecule has 1 atom stereocenters. The Morgan fingerprint density at radius 1 is 1.47 bits per heavy atom. The summed E-state index contributed by atoms with van der Waals surface area (Å²) >= 11 is 0. The standard InChI is InChI=1S/C12H17NO2/c1-15-12-8-3-2-5-10(12)6-4-7-11(13)9-14/h2-6,8,11,14H,7,9,13H2,1H3/b6-4+. The zero-order valence-electron chi connectivity index (χ0n) is 8.89. The molecule has 0 bridgehead atoms. The largest absolute Gasteiger partial charge is 0.496 e. The van der Waals surface area contributed by atoms with Crippen molar-refractivity contribution in [2.24, 2.45) is 5.73 Å². The van der Waals surface area contributed by atoms with Crippen molar-refractivity contribution in [1.29, 1.82) is 0 Å². The quantitative estimate of drug-likeness (QED) is 0.767.